The first-order valence-electron chi connectivity index (χ1n) is 6.28. The van der Waals surface area contributed by atoms with Gasteiger partial charge in [0.15, 0.2) is 0 Å². The Morgan fingerprint density at radius 3 is 2.86 bits per heavy atom. The van der Waals surface area contributed by atoms with Crippen LogP contribution < -0.4 is 10.6 Å². The Morgan fingerprint density at radius 1 is 1.24 bits per heavy atom. The van der Waals surface area contributed by atoms with Crippen molar-refractivity contribution >= 4 is 17.7 Å². The van der Waals surface area contributed by atoms with Crippen molar-refractivity contribution in [2.24, 2.45) is 0 Å². The van der Waals surface area contributed by atoms with Crippen molar-refractivity contribution in [1.29, 1.82) is 0 Å². The number of pyridine rings is 1. The number of carbonyl (C=O) groups excluding carboxylic acids is 1. The van der Waals surface area contributed by atoms with Gasteiger partial charge in [-0.15, -0.1) is 0 Å². The normalized spacial score (nSPS) is 10.3. The van der Waals surface area contributed by atoms with Crippen LogP contribution in [0.15, 0.2) is 49.3 Å². The second kappa shape index (κ2) is 5.87. The fourth-order valence-corrected chi connectivity index (χ4v) is 1.78. The lowest BCUT2D eigenvalue weighted by Crippen LogP contribution is -2.20. The SMILES string of the molecule is O=C(Nc1ccc(Cn2ccnc2)cn1)Nc1ccn[nH]1. The van der Waals surface area contributed by atoms with Gasteiger partial charge in [0, 0.05) is 31.2 Å². The first-order chi connectivity index (χ1) is 10.3. The number of nitrogens with one attached hydrogen (secondary N) is 3. The van der Waals surface area contributed by atoms with Gasteiger partial charge in [-0.25, -0.2) is 14.8 Å². The molecular formula is C13H13N7O. The van der Waals surface area contributed by atoms with Crippen molar-refractivity contribution in [3.05, 3.63) is 54.9 Å². The molecule has 0 aliphatic carbocycles. The minimum absolute atomic E-state index is 0.380. The van der Waals surface area contributed by atoms with Crippen LogP contribution in [0.2, 0.25) is 0 Å². The van der Waals surface area contributed by atoms with Gasteiger partial charge in [0.05, 0.1) is 12.5 Å². The molecule has 0 bridgehead atoms. The Labute approximate surface area is 120 Å². The number of hydrogen-bond acceptors (Lipinski definition) is 4. The molecule has 3 aromatic rings. The van der Waals surface area contributed by atoms with Crippen LogP contribution in [0.5, 0.6) is 0 Å². The smallest absolute Gasteiger partial charge is 0.326 e. The highest BCUT2D eigenvalue weighted by Gasteiger charge is 2.04. The summed E-state index contributed by atoms with van der Waals surface area (Å²) in [5.74, 6) is 0.991. The minimum atomic E-state index is -0.380. The predicted octanol–water partition coefficient (Wildman–Crippen LogP) is 1.69. The predicted molar refractivity (Wildman–Crippen MR) is 76.8 cm³/mol. The monoisotopic (exact) mass is 283 g/mol. The molecule has 0 saturated carbocycles. The van der Waals surface area contributed by atoms with E-state index < -0.39 is 0 Å². The van der Waals surface area contributed by atoms with E-state index in [2.05, 4.69) is 30.8 Å². The summed E-state index contributed by atoms with van der Waals surface area (Å²) < 4.78 is 1.94. The molecule has 0 spiro atoms. The highest BCUT2D eigenvalue weighted by molar-refractivity contribution is 5.98. The maximum atomic E-state index is 11.7. The van der Waals surface area contributed by atoms with E-state index in [1.807, 2.05) is 16.8 Å². The van der Waals surface area contributed by atoms with Gasteiger partial charge >= 0.3 is 6.03 Å². The number of nitrogens with zero attached hydrogens (tertiary/aromatic N) is 4. The number of hydrogen-bond donors (Lipinski definition) is 3. The van der Waals surface area contributed by atoms with Gasteiger partial charge in [0.1, 0.15) is 11.6 Å². The van der Waals surface area contributed by atoms with E-state index in [-0.39, 0.29) is 6.03 Å². The van der Waals surface area contributed by atoms with Crippen LogP contribution in [0.3, 0.4) is 0 Å². The van der Waals surface area contributed by atoms with Gasteiger partial charge in [-0.2, -0.15) is 5.10 Å². The number of imidazole rings is 1. The van der Waals surface area contributed by atoms with Crippen LogP contribution in [0, 0.1) is 0 Å². The van der Waals surface area contributed by atoms with Crippen LogP contribution in [-0.2, 0) is 6.54 Å². The number of rotatable bonds is 4. The van der Waals surface area contributed by atoms with Crippen molar-refractivity contribution in [3.8, 4) is 0 Å². The van der Waals surface area contributed by atoms with Gasteiger partial charge in [-0.05, 0) is 11.6 Å². The number of amides is 2. The molecule has 3 heterocycles. The molecule has 0 atom stereocenters. The second-order valence-corrected chi connectivity index (χ2v) is 4.34. The summed E-state index contributed by atoms with van der Waals surface area (Å²) >= 11 is 0. The number of urea groups is 1. The zero-order chi connectivity index (χ0) is 14.5. The van der Waals surface area contributed by atoms with E-state index in [4.69, 9.17) is 0 Å². The average Bonchev–Trinajstić information content (AvgIpc) is 3.14. The Bertz CT molecular complexity index is 689. The zero-order valence-corrected chi connectivity index (χ0v) is 11.0. The van der Waals surface area contributed by atoms with Crippen molar-refractivity contribution < 1.29 is 4.79 Å². The van der Waals surface area contributed by atoms with Gasteiger partial charge in [0.2, 0.25) is 0 Å². The van der Waals surface area contributed by atoms with E-state index in [0.717, 1.165) is 5.56 Å². The van der Waals surface area contributed by atoms with Crippen LogP contribution in [0.4, 0.5) is 16.4 Å². The topological polar surface area (TPSA) is 101 Å². The summed E-state index contributed by atoms with van der Waals surface area (Å²) in [5.41, 5.74) is 1.02. The lowest BCUT2D eigenvalue weighted by molar-refractivity contribution is 0.262. The molecule has 0 unspecified atom stereocenters. The molecule has 3 rings (SSSR count). The quantitative estimate of drug-likeness (QED) is 0.678. The molecule has 3 N–H and O–H groups in total. The molecule has 2 amide bonds. The Kier molecular flexibility index (Phi) is 3.59. The summed E-state index contributed by atoms with van der Waals surface area (Å²) in [5, 5.41) is 11.6. The van der Waals surface area contributed by atoms with Crippen molar-refractivity contribution in [1.82, 2.24) is 24.7 Å². The largest absolute Gasteiger partial charge is 0.333 e. The molecule has 0 aromatic carbocycles. The number of aromatic nitrogens is 5. The number of H-pyrrole nitrogens is 1. The highest BCUT2D eigenvalue weighted by Crippen LogP contribution is 2.07. The summed E-state index contributed by atoms with van der Waals surface area (Å²) in [6, 6.07) is 4.92. The van der Waals surface area contributed by atoms with Gasteiger partial charge in [-0.3, -0.25) is 15.7 Å². The first kappa shape index (κ1) is 12.9. The van der Waals surface area contributed by atoms with Crippen molar-refractivity contribution in [3.63, 3.8) is 0 Å². The molecule has 0 saturated heterocycles. The molecule has 0 aliphatic rings. The lowest BCUT2D eigenvalue weighted by atomic mass is 10.3. The summed E-state index contributed by atoms with van der Waals surface area (Å²) in [6.07, 6.45) is 8.61. The second-order valence-electron chi connectivity index (χ2n) is 4.34. The van der Waals surface area contributed by atoms with E-state index in [1.165, 1.54) is 0 Å². The van der Waals surface area contributed by atoms with Crippen molar-refractivity contribution in [2.75, 3.05) is 10.6 Å². The summed E-state index contributed by atoms with van der Waals surface area (Å²) in [6.45, 7) is 0.688. The zero-order valence-electron chi connectivity index (χ0n) is 11.0. The van der Waals surface area contributed by atoms with E-state index in [9.17, 15) is 4.79 Å². The molecule has 0 fully saturated rings. The third-order valence-electron chi connectivity index (χ3n) is 2.74. The average molecular weight is 283 g/mol. The Balaban J connectivity index is 1.58. The third kappa shape index (κ3) is 3.44. The third-order valence-corrected chi connectivity index (χ3v) is 2.74. The standard InChI is InChI=1S/C13H13N7O/c21-13(18-12-3-4-16-19-12)17-11-2-1-10(7-15-11)8-20-6-5-14-9-20/h1-7,9H,8H2,(H3,15,16,17,18,19,21). The van der Waals surface area contributed by atoms with Gasteiger partial charge in [0.25, 0.3) is 0 Å². The maximum absolute atomic E-state index is 11.7. The van der Waals surface area contributed by atoms with Crippen LogP contribution in [0.25, 0.3) is 0 Å². The minimum Gasteiger partial charge on any atom is -0.333 e. The van der Waals surface area contributed by atoms with Crippen LogP contribution in [0.1, 0.15) is 5.56 Å². The van der Waals surface area contributed by atoms with Crippen molar-refractivity contribution in [2.45, 2.75) is 6.54 Å². The number of aromatic amines is 1. The molecule has 8 nitrogen and oxygen atoms in total. The highest BCUT2D eigenvalue weighted by atomic mass is 16.2. The molecule has 0 radical (unpaired) electrons. The lowest BCUT2D eigenvalue weighted by Gasteiger charge is -2.06. The van der Waals surface area contributed by atoms with Crippen LogP contribution in [-0.4, -0.2) is 30.8 Å². The molecule has 8 heteroatoms. The summed E-state index contributed by atoms with van der Waals surface area (Å²) in [7, 11) is 0. The van der Waals surface area contributed by atoms with E-state index in [1.54, 1.807) is 37.1 Å². The number of carbonyl (C=O) groups is 1. The molecular weight excluding hydrogens is 270 g/mol. The molecule has 0 aliphatic heterocycles. The van der Waals surface area contributed by atoms with Crippen LogP contribution >= 0.6 is 0 Å². The first-order valence-corrected chi connectivity index (χ1v) is 6.28. The molecule has 21 heavy (non-hydrogen) atoms. The van der Waals surface area contributed by atoms with E-state index in [0.29, 0.717) is 18.2 Å². The summed E-state index contributed by atoms with van der Waals surface area (Å²) in [4.78, 5) is 19.9. The number of anilines is 2. The van der Waals surface area contributed by atoms with E-state index >= 15 is 0 Å². The fourth-order valence-electron chi connectivity index (χ4n) is 1.78. The Morgan fingerprint density at radius 2 is 2.19 bits per heavy atom. The fraction of sp³-hybridized carbons (Fsp3) is 0.0769. The molecule has 3 aromatic heterocycles. The van der Waals surface area contributed by atoms with Gasteiger partial charge in [-0.1, -0.05) is 6.07 Å². The maximum Gasteiger partial charge on any atom is 0.326 e. The molecule has 106 valence electrons. The van der Waals surface area contributed by atoms with Gasteiger partial charge < -0.3 is 4.57 Å². The Hall–Kier alpha value is -3.16.